The number of nitrogens with one attached hydrogen (secondary N) is 1. The lowest BCUT2D eigenvalue weighted by molar-refractivity contribution is 0.310. The summed E-state index contributed by atoms with van der Waals surface area (Å²) in [6.45, 7) is 3.68. The molecule has 7 heteroatoms. The zero-order valence-electron chi connectivity index (χ0n) is 9.97. The van der Waals surface area contributed by atoms with Gasteiger partial charge in [0.2, 0.25) is 10.0 Å². The van der Waals surface area contributed by atoms with Crippen molar-refractivity contribution in [3.63, 3.8) is 0 Å². The van der Waals surface area contributed by atoms with E-state index >= 15 is 0 Å². The van der Waals surface area contributed by atoms with E-state index in [9.17, 15) is 8.42 Å². The van der Waals surface area contributed by atoms with Gasteiger partial charge in [-0.1, -0.05) is 11.6 Å². The summed E-state index contributed by atoms with van der Waals surface area (Å²) < 4.78 is 26.1. The number of rotatable bonds is 2. The second-order valence-corrected chi connectivity index (χ2v) is 6.55. The van der Waals surface area contributed by atoms with E-state index < -0.39 is 10.0 Å². The maximum absolute atomic E-state index is 12.3. The molecule has 0 amide bonds. The van der Waals surface area contributed by atoms with Crippen molar-refractivity contribution in [2.24, 2.45) is 0 Å². The van der Waals surface area contributed by atoms with E-state index in [4.69, 9.17) is 11.6 Å². The highest BCUT2D eigenvalue weighted by Crippen LogP contribution is 2.19. The molecule has 0 radical (unpaired) electrons. The summed E-state index contributed by atoms with van der Waals surface area (Å²) in [5.74, 6) is 0. The van der Waals surface area contributed by atoms with E-state index in [1.165, 1.54) is 4.31 Å². The summed E-state index contributed by atoms with van der Waals surface area (Å²) in [6, 6.07) is 6.47. The van der Waals surface area contributed by atoms with Crippen molar-refractivity contribution >= 4 is 34.0 Å². The van der Waals surface area contributed by atoms with Gasteiger partial charge in [-0.05, 0) is 31.2 Å². The molecule has 1 atom stereocenters. The summed E-state index contributed by atoms with van der Waals surface area (Å²) in [5, 5.41) is 3.76. The first-order valence-corrected chi connectivity index (χ1v) is 7.31. The summed E-state index contributed by atoms with van der Waals surface area (Å²) in [7, 11) is -3.38. The van der Waals surface area contributed by atoms with Gasteiger partial charge in [-0.2, -0.15) is 4.31 Å². The normalized spacial score (nSPS) is 21.3. The Bertz CT molecular complexity index is 490. The number of piperazine rings is 1. The molecule has 1 heterocycles. The first kappa shape index (κ1) is 15.7. The van der Waals surface area contributed by atoms with Gasteiger partial charge in [0.05, 0.1) is 4.90 Å². The zero-order chi connectivity index (χ0) is 12.5. The number of hydrogen-bond donors (Lipinski definition) is 1. The third-order valence-corrected chi connectivity index (χ3v) is 4.91. The molecule has 102 valence electrons. The number of sulfonamides is 1. The van der Waals surface area contributed by atoms with Crippen LogP contribution in [0, 0.1) is 0 Å². The molecule has 0 spiro atoms. The summed E-state index contributed by atoms with van der Waals surface area (Å²) >= 11 is 5.75. The first-order valence-electron chi connectivity index (χ1n) is 5.49. The molecule has 0 bridgehead atoms. The average molecular weight is 311 g/mol. The molecule has 0 unspecified atom stereocenters. The highest BCUT2D eigenvalue weighted by atomic mass is 35.5. The van der Waals surface area contributed by atoms with E-state index in [2.05, 4.69) is 5.32 Å². The van der Waals surface area contributed by atoms with E-state index in [-0.39, 0.29) is 18.4 Å². The molecule has 1 fully saturated rings. The molecule has 0 aromatic heterocycles. The molecule has 0 aliphatic carbocycles. The standard InChI is InChI=1S/C11H15ClN2O2S.ClH/c1-9-8-14(7-6-13-9)17(15,16)11-4-2-10(12)3-5-11;/h2-5,9,13H,6-8H2,1H3;1H/t9-;/m1./s1. The van der Waals surface area contributed by atoms with Crippen LogP contribution in [0.2, 0.25) is 5.02 Å². The van der Waals surface area contributed by atoms with Crippen LogP contribution in [0.1, 0.15) is 6.92 Å². The Morgan fingerprint density at radius 2 is 1.94 bits per heavy atom. The van der Waals surface area contributed by atoms with E-state index in [0.29, 0.717) is 29.6 Å². The van der Waals surface area contributed by atoms with Gasteiger partial charge in [0.15, 0.2) is 0 Å². The Morgan fingerprint density at radius 3 is 2.50 bits per heavy atom. The van der Waals surface area contributed by atoms with Gasteiger partial charge in [0, 0.05) is 30.7 Å². The summed E-state index contributed by atoms with van der Waals surface area (Å²) in [5.41, 5.74) is 0. The van der Waals surface area contributed by atoms with Crippen LogP contribution in [0.5, 0.6) is 0 Å². The molecule has 2 rings (SSSR count). The molecule has 1 N–H and O–H groups in total. The van der Waals surface area contributed by atoms with Crippen molar-refractivity contribution in [3.05, 3.63) is 29.3 Å². The third-order valence-electron chi connectivity index (χ3n) is 2.78. The minimum absolute atomic E-state index is 0. The van der Waals surface area contributed by atoms with Crippen molar-refractivity contribution in [1.82, 2.24) is 9.62 Å². The Hall–Kier alpha value is -0.330. The lowest BCUT2D eigenvalue weighted by Crippen LogP contribution is -2.51. The third kappa shape index (κ3) is 3.36. The number of nitrogens with zero attached hydrogens (tertiary/aromatic N) is 1. The topological polar surface area (TPSA) is 49.4 Å². The van der Waals surface area contributed by atoms with Crippen molar-refractivity contribution in [3.8, 4) is 0 Å². The van der Waals surface area contributed by atoms with Crippen molar-refractivity contribution in [1.29, 1.82) is 0 Å². The number of benzene rings is 1. The van der Waals surface area contributed by atoms with Crippen LogP contribution < -0.4 is 5.32 Å². The molecule has 0 saturated carbocycles. The maximum atomic E-state index is 12.3. The molecule has 1 aliphatic rings. The SMILES string of the molecule is C[C@@H]1CN(S(=O)(=O)c2ccc(Cl)cc2)CCN1.Cl. The summed E-state index contributed by atoms with van der Waals surface area (Å²) in [6.07, 6.45) is 0. The zero-order valence-corrected chi connectivity index (χ0v) is 12.4. The predicted octanol–water partition coefficient (Wildman–Crippen LogP) is 1.74. The van der Waals surface area contributed by atoms with Crippen LogP contribution in [-0.4, -0.2) is 38.4 Å². The Morgan fingerprint density at radius 1 is 1.33 bits per heavy atom. The fourth-order valence-corrected chi connectivity index (χ4v) is 3.53. The van der Waals surface area contributed by atoms with Crippen LogP contribution in [0.4, 0.5) is 0 Å². The van der Waals surface area contributed by atoms with Gasteiger partial charge >= 0.3 is 0 Å². The smallest absolute Gasteiger partial charge is 0.243 e. The van der Waals surface area contributed by atoms with E-state index in [1.54, 1.807) is 24.3 Å². The van der Waals surface area contributed by atoms with Crippen molar-refractivity contribution in [2.75, 3.05) is 19.6 Å². The van der Waals surface area contributed by atoms with Gasteiger partial charge < -0.3 is 5.32 Å². The Balaban J connectivity index is 0.00000162. The Labute approximate surface area is 119 Å². The van der Waals surface area contributed by atoms with Gasteiger partial charge in [-0.3, -0.25) is 0 Å². The fraction of sp³-hybridized carbons (Fsp3) is 0.455. The molecule has 1 aliphatic heterocycles. The van der Waals surface area contributed by atoms with E-state index in [0.717, 1.165) is 0 Å². The first-order chi connectivity index (χ1) is 8.00. The molecule has 4 nitrogen and oxygen atoms in total. The highest BCUT2D eigenvalue weighted by Gasteiger charge is 2.28. The van der Waals surface area contributed by atoms with Crippen LogP contribution >= 0.6 is 24.0 Å². The van der Waals surface area contributed by atoms with Crippen LogP contribution in [-0.2, 0) is 10.0 Å². The van der Waals surface area contributed by atoms with Gasteiger partial charge in [0.25, 0.3) is 0 Å². The van der Waals surface area contributed by atoms with Crippen LogP contribution in [0.3, 0.4) is 0 Å². The molecule has 1 aromatic carbocycles. The van der Waals surface area contributed by atoms with Gasteiger partial charge in [0.1, 0.15) is 0 Å². The molecule has 1 saturated heterocycles. The minimum atomic E-state index is -3.38. The Kier molecular flexibility index (Phi) is 5.43. The largest absolute Gasteiger partial charge is 0.312 e. The molecule has 1 aromatic rings. The highest BCUT2D eigenvalue weighted by molar-refractivity contribution is 7.89. The predicted molar refractivity (Wildman–Crippen MR) is 74.9 cm³/mol. The lowest BCUT2D eigenvalue weighted by Gasteiger charge is -2.30. The van der Waals surface area contributed by atoms with Crippen molar-refractivity contribution in [2.45, 2.75) is 17.9 Å². The lowest BCUT2D eigenvalue weighted by atomic mass is 10.3. The quantitative estimate of drug-likeness (QED) is 0.905. The number of halogens is 2. The maximum Gasteiger partial charge on any atom is 0.243 e. The van der Waals surface area contributed by atoms with Crippen molar-refractivity contribution < 1.29 is 8.42 Å². The monoisotopic (exact) mass is 310 g/mol. The second-order valence-electron chi connectivity index (χ2n) is 4.17. The summed E-state index contributed by atoms with van der Waals surface area (Å²) in [4.78, 5) is 0.302. The van der Waals surface area contributed by atoms with Gasteiger partial charge in [-0.15, -0.1) is 12.4 Å². The molecule has 18 heavy (non-hydrogen) atoms. The molecular formula is C11H16Cl2N2O2S. The number of hydrogen-bond acceptors (Lipinski definition) is 3. The van der Waals surface area contributed by atoms with Gasteiger partial charge in [-0.25, -0.2) is 8.42 Å². The average Bonchev–Trinajstić information content (AvgIpc) is 2.29. The molecular weight excluding hydrogens is 295 g/mol. The van der Waals surface area contributed by atoms with E-state index in [1.807, 2.05) is 6.92 Å². The minimum Gasteiger partial charge on any atom is -0.312 e. The second kappa shape index (κ2) is 6.21. The fourth-order valence-electron chi connectivity index (χ4n) is 1.87. The van der Waals surface area contributed by atoms with Crippen LogP contribution in [0.25, 0.3) is 0 Å². The van der Waals surface area contributed by atoms with Crippen LogP contribution in [0.15, 0.2) is 29.2 Å².